The third-order valence-corrected chi connectivity index (χ3v) is 7.14. The Morgan fingerprint density at radius 2 is 2.03 bits per heavy atom. The molecule has 3 saturated heterocycles. The van der Waals surface area contributed by atoms with Crippen molar-refractivity contribution in [1.82, 2.24) is 14.8 Å². The number of nitrogens with zero attached hydrogens (tertiary/aromatic N) is 3. The molecule has 1 aromatic heterocycles. The number of methoxy groups -OCH3 is 1. The second-order valence-electron chi connectivity index (χ2n) is 9.15. The molecule has 0 radical (unpaired) electrons. The van der Waals surface area contributed by atoms with Gasteiger partial charge < -0.3 is 14.6 Å². The number of ether oxygens (including phenoxy) is 2. The van der Waals surface area contributed by atoms with E-state index in [0.717, 1.165) is 37.5 Å². The van der Waals surface area contributed by atoms with Crippen molar-refractivity contribution in [3.05, 3.63) is 65.7 Å². The molecule has 4 atom stereocenters. The number of hydrogen-bond donors (Lipinski definition) is 1. The normalized spacial score (nSPS) is 30.2. The van der Waals surface area contributed by atoms with E-state index >= 15 is 0 Å². The second kappa shape index (κ2) is 8.90. The molecule has 7 heteroatoms. The molecule has 2 bridgehead atoms. The topological polar surface area (TPSA) is 58.1 Å². The van der Waals surface area contributed by atoms with Crippen LogP contribution in [0.1, 0.15) is 11.3 Å². The molecule has 3 aliphatic heterocycles. The maximum atomic E-state index is 14.2. The second-order valence-corrected chi connectivity index (χ2v) is 9.15. The van der Waals surface area contributed by atoms with E-state index in [1.54, 1.807) is 19.4 Å². The van der Waals surface area contributed by atoms with Gasteiger partial charge in [0.15, 0.2) is 0 Å². The molecule has 0 unspecified atom stereocenters. The van der Waals surface area contributed by atoms with E-state index < -0.39 is 0 Å². The SMILES string of the molecule is COc1ccc(/C=C/CN2C[C@@H]3[C@H](CO)[C@H]4CN(Cc5ncccc5F)C[C@]3(C2)O4)cc1. The van der Waals surface area contributed by atoms with Crippen molar-refractivity contribution in [2.75, 3.05) is 46.4 Å². The summed E-state index contributed by atoms with van der Waals surface area (Å²) in [6, 6.07) is 11.1. The van der Waals surface area contributed by atoms with Crippen molar-refractivity contribution < 1.29 is 19.0 Å². The molecule has 0 saturated carbocycles. The largest absolute Gasteiger partial charge is 0.497 e. The summed E-state index contributed by atoms with van der Waals surface area (Å²) >= 11 is 0. The van der Waals surface area contributed by atoms with Gasteiger partial charge in [-0.3, -0.25) is 14.8 Å². The number of hydrogen-bond acceptors (Lipinski definition) is 6. The van der Waals surface area contributed by atoms with Gasteiger partial charge in [0, 0.05) is 63.9 Å². The summed E-state index contributed by atoms with van der Waals surface area (Å²) < 4.78 is 25.9. The van der Waals surface area contributed by atoms with Crippen molar-refractivity contribution in [3.8, 4) is 5.75 Å². The van der Waals surface area contributed by atoms with Gasteiger partial charge in [-0.25, -0.2) is 4.39 Å². The van der Waals surface area contributed by atoms with Crippen LogP contribution in [0.3, 0.4) is 0 Å². The Morgan fingerprint density at radius 1 is 1.22 bits per heavy atom. The molecular weight excluding hydrogens is 409 g/mol. The zero-order valence-corrected chi connectivity index (χ0v) is 18.4. The molecule has 1 N–H and O–H groups in total. The Morgan fingerprint density at radius 3 is 2.78 bits per heavy atom. The van der Waals surface area contributed by atoms with E-state index in [2.05, 4.69) is 26.9 Å². The van der Waals surface area contributed by atoms with Crippen LogP contribution in [0.4, 0.5) is 4.39 Å². The molecule has 1 aromatic carbocycles. The monoisotopic (exact) mass is 439 g/mol. The van der Waals surface area contributed by atoms with Crippen molar-refractivity contribution in [3.63, 3.8) is 0 Å². The zero-order valence-electron chi connectivity index (χ0n) is 18.4. The van der Waals surface area contributed by atoms with Crippen LogP contribution in [0.15, 0.2) is 48.7 Å². The highest BCUT2D eigenvalue weighted by atomic mass is 19.1. The van der Waals surface area contributed by atoms with Gasteiger partial charge in [0.2, 0.25) is 0 Å². The van der Waals surface area contributed by atoms with Gasteiger partial charge in [-0.05, 0) is 29.8 Å². The average molecular weight is 440 g/mol. The number of morpholine rings is 1. The number of halogens is 1. The van der Waals surface area contributed by atoms with Crippen LogP contribution < -0.4 is 4.74 Å². The molecule has 6 nitrogen and oxygen atoms in total. The van der Waals surface area contributed by atoms with Gasteiger partial charge in [0.25, 0.3) is 0 Å². The lowest BCUT2D eigenvalue weighted by molar-refractivity contribution is -0.119. The molecule has 0 amide bonds. The number of pyridine rings is 1. The van der Waals surface area contributed by atoms with Crippen molar-refractivity contribution in [2.45, 2.75) is 18.2 Å². The number of aromatic nitrogens is 1. The highest BCUT2D eigenvalue weighted by Gasteiger charge is 2.61. The summed E-state index contributed by atoms with van der Waals surface area (Å²) in [6.07, 6.45) is 5.92. The molecule has 170 valence electrons. The highest BCUT2D eigenvalue weighted by molar-refractivity contribution is 5.50. The molecule has 1 spiro atoms. The maximum absolute atomic E-state index is 14.2. The van der Waals surface area contributed by atoms with Crippen LogP contribution in [-0.2, 0) is 11.3 Å². The fourth-order valence-electron chi connectivity index (χ4n) is 5.68. The van der Waals surface area contributed by atoms with Gasteiger partial charge >= 0.3 is 0 Å². The highest BCUT2D eigenvalue weighted by Crippen LogP contribution is 2.49. The van der Waals surface area contributed by atoms with E-state index in [1.165, 1.54) is 6.07 Å². The number of aliphatic hydroxyl groups excluding tert-OH is 1. The fraction of sp³-hybridized carbons (Fsp3) is 0.480. The number of fused-ring (bicyclic) bond motifs is 1. The number of benzene rings is 1. The minimum absolute atomic E-state index is 0.0116. The van der Waals surface area contributed by atoms with E-state index in [1.807, 2.05) is 24.3 Å². The molecule has 3 fully saturated rings. The first-order valence-electron chi connectivity index (χ1n) is 11.2. The van der Waals surface area contributed by atoms with Crippen LogP contribution in [0.25, 0.3) is 6.08 Å². The Balaban J connectivity index is 1.26. The van der Waals surface area contributed by atoms with Crippen LogP contribution in [0.5, 0.6) is 5.75 Å². The smallest absolute Gasteiger partial charge is 0.146 e. The minimum Gasteiger partial charge on any atom is -0.497 e. The van der Waals surface area contributed by atoms with Gasteiger partial charge in [-0.15, -0.1) is 0 Å². The Kier molecular flexibility index (Phi) is 5.99. The predicted molar refractivity (Wildman–Crippen MR) is 120 cm³/mol. The van der Waals surface area contributed by atoms with Crippen molar-refractivity contribution in [1.29, 1.82) is 0 Å². The lowest BCUT2D eigenvalue weighted by Crippen LogP contribution is -2.53. The summed E-state index contributed by atoms with van der Waals surface area (Å²) in [5.41, 5.74) is 1.30. The van der Waals surface area contributed by atoms with E-state index in [0.29, 0.717) is 18.8 Å². The fourth-order valence-corrected chi connectivity index (χ4v) is 5.68. The lowest BCUT2D eigenvalue weighted by Gasteiger charge is -2.40. The third-order valence-electron chi connectivity index (χ3n) is 7.14. The Bertz CT molecular complexity index is 969. The quantitative estimate of drug-likeness (QED) is 0.715. The summed E-state index contributed by atoms with van der Waals surface area (Å²) in [6.45, 7) is 4.58. The summed E-state index contributed by atoms with van der Waals surface area (Å²) in [7, 11) is 1.67. The molecule has 3 aliphatic rings. The van der Waals surface area contributed by atoms with Gasteiger partial charge in [-0.1, -0.05) is 24.3 Å². The number of aliphatic hydroxyl groups is 1. The standard InChI is InChI=1S/C25H30FN3O3/c1-31-19-8-6-18(7-9-19)4-3-11-28-12-21-20(15-30)24-14-29(17-25(21,16-28)32-24)13-23-22(26)5-2-10-27-23/h2-10,20-21,24,30H,11-17H2,1H3/b4-3+/t20-,21+,24+,25-/m0/s1. The van der Waals surface area contributed by atoms with Gasteiger partial charge in [0.1, 0.15) is 11.6 Å². The first kappa shape index (κ1) is 21.5. The Labute approximate surface area is 188 Å². The molecule has 0 aliphatic carbocycles. The van der Waals surface area contributed by atoms with Crippen molar-refractivity contribution in [2.24, 2.45) is 11.8 Å². The van der Waals surface area contributed by atoms with Crippen molar-refractivity contribution >= 4 is 6.08 Å². The molecule has 4 heterocycles. The predicted octanol–water partition coefficient (Wildman–Crippen LogP) is 2.44. The van der Waals surface area contributed by atoms with E-state index in [9.17, 15) is 9.50 Å². The first-order valence-corrected chi connectivity index (χ1v) is 11.2. The van der Waals surface area contributed by atoms with Gasteiger partial charge in [-0.2, -0.15) is 0 Å². The lowest BCUT2D eigenvalue weighted by atomic mass is 9.83. The molecule has 32 heavy (non-hydrogen) atoms. The van der Waals surface area contributed by atoms with Crippen LogP contribution in [-0.4, -0.2) is 78.0 Å². The van der Waals surface area contributed by atoms with Gasteiger partial charge in [0.05, 0.1) is 24.5 Å². The van der Waals surface area contributed by atoms with Crippen LogP contribution >= 0.6 is 0 Å². The summed E-state index contributed by atoms with van der Waals surface area (Å²) in [5, 5.41) is 10.1. The van der Waals surface area contributed by atoms with E-state index in [-0.39, 0.29) is 36.0 Å². The zero-order chi connectivity index (χ0) is 22.1. The molecule has 2 aromatic rings. The maximum Gasteiger partial charge on any atom is 0.146 e. The third kappa shape index (κ3) is 4.06. The summed E-state index contributed by atoms with van der Waals surface area (Å²) in [5.74, 6) is 0.980. The molecular formula is C25H30FN3O3. The van der Waals surface area contributed by atoms with Crippen LogP contribution in [0.2, 0.25) is 0 Å². The first-order chi connectivity index (χ1) is 15.6. The van der Waals surface area contributed by atoms with E-state index in [4.69, 9.17) is 9.47 Å². The number of likely N-dealkylation sites (tertiary alicyclic amines) is 2. The Hall–Kier alpha value is -2.32. The molecule has 5 rings (SSSR count). The van der Waals surface area contributed by atoms with Crippen LogP contribution in [0, 0.1) is 17.7 Å². The number of rotatable bonds is 7. The minimum atomic E-state index is -0.310. The summed E-state index contributed by atoms with van der Waals surface area (Å²) in [4.78, 5) is 8.87. The average Bonchev–Trinajstić information content (AvgIpc) is 3.22.